The van der Waals surface area contributed by atoms with Gasteiger partial charge in [0.15, 0.2) is 0 Å². The molecule has 0 amide bonds. The van der Waals surface area contributed by atoms with Crippen LogP contribution in [0.1, 0.15) is 0 Å². The van der Waals surface area contributed by atoms with E-state index in [1.807, 2.05) is 0 Å². The van der Waals surface area contributed by atoms with Gasteiger partial charge in [-0.05, 0) is 75.8 Å². The first-order valence-electron chi connectivity index (χ1n) is 17.5. The number of para-hydroxylation sites is 3. The molecule has 51 heavy (non-hydrogen) atoms. The Morgan fingerprint density at radius 1 is 0.333 bits per heavy atom. The first kappa shape index (κ1) is 27.0. The second-order valence-corrected chi connectivity index (χ2v) is 13.6. The van der Waals surface area contributed by atoms with Crippen molar-refractivity contribution in [1.29, 1.82) is 0 Å². The zero-order valence-corrected chi connectivity index (χ0v) is 27.5. The maximum absolute atomic E-state index is 6.52. The lowest BCUT2D eigenvalue weighted by molar-refractivity contribution is 0.669. The smallest absolute Gasteiger partial charge is 0.136 e. The lowest BCUT2D eigenvalue weighted by Gasteiger charge is -2.16. The van der Waals surface area contributed by atoms with Crippen LogP contribution in [0.5, 0.6) is 0 Å². The molecule has 0 radical (unpaired) electrons. The summed E-state index contributed by atoms with van der Waals surface area (Å²) in [6, 6.07) is 61.7. The van der Waals surface area contributed by atoms with Crippen molar-refractivity contribution in [1.82, 2.24) is 9.13 Å². The highest BCUT2D eigenvalue weighted by Crippen LogP contribution is 2.47. The Balaban J connectivity index is 1.29. The molecule has 0 N–H and O–H groups in total. The third kappa shape index (κ3) is 3.52. The number of rotatable bonds is 3. The summed E-state index contributed by atoms with van der Waals surface area (Å²) < 4.78 is 11.5. The highest BCUT2D eigenvalue weighted by atomic mass is 16.3. The van der Waals surface area contributed by atoms with E-state index in [-0.39, 0.29) is 0 Å². The molecule has 12 aromatic rings. The highest BCUT2D eigenvalue weighted by molar-refractivity contribution is 6.35. The largest absolute Gasteiger partial charge is 0.456 e. The molecule has 0 fully saturated rings. The van der Waals surface area contributed by atoms with Crippen molar-refractivity contribution in [3.05, 3.63) is 170 Å². The minimum absolute atomic E-state index is 0.925. The molecule has 3 aromatic heterocycles. The van der Waals surface area contributed by atoms with Crippen LogP contribution in [0, 0.1) is 0 Å². The number of hydrogen-bond acceptors (Lipinski definition) is 1. The van der Waals surface area contributed by atoms with Gasteiger partial charge in [0.25, 0.3) is 0 Å². The fourth-order valence-electron chi connectivity index (χ4n) is 9.00. The quantitative estimate of drug-likeness (QED) is 0.175. The zero-order valence-electron chi connectivity index (χ0n) is 27.5. The van der Waals surface area contributed by atoms with Crippen molar-refractivity contribution in [2.24, 2.45) is 0 Å². The van der Waals surface area contributed by atoms with Crippen LogP contribution < -0.4 is 0 Å². The van der Waals surface area contributed by atoms with Gasteiger partial charge in [0.2, 0.25) is 0 Å². The number of benzene rings is 9. The Bertz CT molecular complexity index is 3340. The number of nitrogens with zero attached hydrogens (tertiary/aromatic N) is 2. The molecule has 0 spiro atoms. The van der Waals surface area contributed by atoms with Crippen molar-refractivity contribution < 1.29 is 4.42 Å². The molecule has 9 aromatic carbocycles. The summed E-state index contributed by atoms with van der Waals surface area (Å²) in [5.41, 5.74) is 11.4. The second-order valence-electron chi connectivity index (χ2n) is 13.6. The maximum Gasteiger partial charge on any atom is 0.136 e. The topological polar surface area (TPSA) is 23.0 Å². The van der Waals surface area contributed by atoms with E-state index in [9.17, 15) is 0 Å². The monoisotopic (exact) mass is 648 g/mol. The third-order valence-electron chi connectivity index (χ3n) is 11.1. The van der Waals surface area contributed by atoms with Crippen molar-refractivity contribution in [2.75, 3.05) is 0 Å². The number of hydrogen-bond donors (Lipinski definition) is 0. The summed E-state index contributed by atoms with van der Waals surface area (Å²) in [6.07, 6.45) is 0. The molecule has 0 saturated heterocycles. The van der Waals surface area contributed by atoms with Crippen molar-refractivity contribution >= 4 is 87.1 Å². The van der Waals surface area contributed by atoms with Crippen molar-refractivity contribution in [3.8, 4) is 22.5 Å². The van der Waals surface area contributed by atoms with Gasteiger partial charge in [-0.1, -0.05) is 121 Å². The predicted molar refractivity (Wildman–Crippen MR) is 214 cm³/mol. The second kappa shape index (κ2) is 9.87. The first-order valence-corrected chi connectivity index (χ1v) is 17.5. The molecule has 0 unspecified atom stereocenters. The molecule has 236 valence electrons. The number of fused-ring (bicyclic) bond motifs is 10. The number of furan rings is 1. The summed E-state index contributed by atoms with van der Waals surface area (Å²) in [5, 5.41) is 12.3. The Morgan fingerprint density at radius 2 is 0.922 bits per heavy atom. The van der Waals surface area contributed by atoms with Gasteiger partial charge in [-0.15, -0.1) is 0 Å². The first-order chi connectivity index (χ1) is 25.3. The van der Waals surface area contributed by atoms with Gasteiger partial charge in [0.05, 0.1) is 22.1 Å². The molecular weight excluding hydrogens is 621 g/mol. The van der Waals surface area contributed by atoms with Crippen molar-refractivity contribution in [3.63, 3.8) is 0 Å². The van der Waals surface area contributed by atoms with Crippen LogP contribution >= 0.6 is 0 Å². The van der Waals surface area contributed by atoms with Crippen LogP contribution in [-0.4, -0.2) is 9.13 Å². The third-order valence-corrected chi connectivity index (χ3v) is 11.1. The fraction of sp³-hybridized carbons (Fsp3) is 0. The van der Waals surface area contributed by atoms with Crippen LogP contribution in [0.3, 0.4) is 0 Å². The minimum atomic E-state index is 0.925. The van der Waals surface area contributed by atoms with Crippen molar-refractivity contribution in [2.45, 2.75) is 0 Å². The molecule has 0 saturated carbocycles. The highest BCUT2D eigenvalue weighted by Gasteiger charge is 2.23. The maximum atomic E-state index is 6.52. The molecule has 0 aliphatic carbocycles. The summed E-state index contributed by atoms with van der Waals surface area (Å²) in [6.45, 7) is 0. The Hall–Kier alpha value is -6.84. The molecule has 0 aliphatic heterocycles. The molecule has 3 heteroatoms. The van der Waals surface area contributed by atoms with Crippen LogP contribution in [0.25, 0.3) is 110 Å². The summed E-state index contributed by atoms with van der Waals surface area (Å²) >= 11 is 0. The predicted octanol–water partition coefficient (Wildman–Crippen LogP) is 13.2. The van der Waals surface area contributed by atoms with E-state index in [4.69, 9.17) is 4.42 Å². The van der Waals surface area contributed by atoms with E-state index in [0.717, 1.165) is 22.5 Å². The molecule has 0 atom stereocenters. The van der Waals surface area contributed by atoms with Gasteiger partial charge >= 0.3 is 0 Å². The average molecular weight is 649 g/mol. The molecule has 12 rings (SSSR count). The van der Waals surface area contributed by atoms with Gasteiger partial charge in [0.1, 0.15) is 11.2 Å². The van der Waals surface area contributed by atoms with Crippen LogP contribution in [0.2, 0.25) is 0 Å². The van der Waals surface area contributed by atoms with Gasteiger partial charge < -0.3 is 13.6 Å². The Kier molecular flexibility index (Phi) is 5.23. The minimum Gasteiger partial charge on any atom is -0.456 e. The Morgan fingerprint density at radius 3 is 1.65 bits per heavy atom. The van der Waals surface area contributed by atoms with E-state index in [1.54, 1.807) is 0 Å². The van der Waals surface area contributed by atoms with Gasteiger partial charge in [-0.2, -0.15) is 0 Å². The van der Waals surface area contributed by atoms with Gasteiger partial charge in [0, 0.05) is 49.1 Å². The van der Waals surface area contributed by atoms with E-state index in [0.29, 0.717) is 0 Å². The van der Waals surface area contributed by atoms with E-state index in [2.05, 4.69) is 179 Å². The fourth-order valence-corrected chi connectivity index (χ4v) is 9.00. The van der Waals surface area contributed by atoms with E-state index < -0.39 is 0 Å². The summed E-state index contributed by atoms with van der Waals surface area (Å²) in [4.78, 5) is 0. The zero-order chi connectivity index (χ0) is 33.2. The SMILES string of the molecule is c1ccc(-c2ccc3oc4cccc5c6ccc(-n7c8ccccc8c8ccc9c%10ccccc%10n(-c%10ccccc%10)c9c87)cc6c2c3c45)cc1. The lowest BCUT2D eigenvalue weighted by atomic mass is 9.89. The van der Waals surface area contributed by atoms with E-state index in [1.165, 1.54) is 87.1 Å². The summed E-state index contributed by atoms with van der Waals surface area (Å²) in [5.74, 6) is 0. The molecule has 0 aliphatic rings. The molecule has 0 bridgehead atoms. The average Bonchev–Trinajstić information content (AvgIpc) is 3.86. The van der Waals surface area contributed by atoms with Crippen LogP contribution in [-0.2, 0) is 0 Å². The normalized spacial score (nSPS) is 12.3. The number of aromatic nitrogens is 2. The Labute approximate surface area is 292 Å². The lowest BCUT2D eigenvalue weighted by Crippen LogP contribution is -1.99. The van der Waals surface area contributed by atoms with Gasteiger partial charge in [-0.3, -0.25) is 0 Å². The van der Waals surface area contributed by atoms with E-state index >= 15 is 0 Å². The molecule has 3 nitrogen and oxygen atoms in total. The standard InChI is InChI=1S/C48H28N2O/c1-3-12-29(13-4-1)32-26-27-43-46-44(32)39-28-31(22-23-33(39)36-18-11-21-42(51-43)45(36)46)50-41-20-10-8-17-35(41)38-25-24-37-34-16-7-9-19-40(34)49(47(37)48(38)50)30-14-5-2-6-15-30/h1-28H. The van der Waals surface area contributed by atoms with Gasteiger partial charge in [-0.25, -0.2) is 0 Å². The van der Waals surface area contributed by atoms with Crippen LogP contribution in [0.4, 0.5) is 0 Å². The van der Waals surface area contributed by atoms with Crippen LogP contribution in [0.15, 0.2) is 174 Å². The molecular formula is C48H28N2O. The summed E-state index contributed by atoms with van der Waals surface area (Å²) in [7, 11) is 0. The molecule has 3 heterocycles.